The van der Waals surface area contributed by atoms with Gasteiger partial charge in [0.2, 0.25) is 0 Å². The van der Waals surface area contributed by atoms with Crippen molar-refractivity contribution in [3.05, 3.63) is 33.9 Å². The highest BCUT2D eigenvalue weighted by atomic mass is 32.2. The molecule has 19 heavy (non-hydrogen) atoms. The molecular weight excluding hydrogens is 264 g/mol. The summed E-state index contributed by atoms with van der Waals surface area (Å²) in [5.41, 5.74) is 1.85. The van der Waals surface area contributed by atoms with Crippen LogP contribution in [0.4, 0.5) is 11.4 Å². The highest BCUT2D eigenvalue weighted by molar-refractivity contribution is 8.00. The van der Waals surface area contributed by atoms with Crippen molar-refractivity contribution >= 4 is 23.1 Å². The van der Waals surface area contributed by atoms with E-state index in [0.717, 1.165) is 17.8 Å². The number of hydrogen-bond acceptors (Lipinski definition) is 5. The molecule has 1 N–H and O–H groups in total. The van der Waals surface area contributed by atoms with Crippen LogP contribution in [0.1, 0.15) is 18.4 Å². The Hall–Kier alpha value is -1.27. The molecule has 5 nitrogen and oxygen atoms in total. The number of anilines is 1. The van der Waals surface area contributed by atoms with E-state index >= 15 is 0 Å². The first-order chi connectivity index (χ1) is 9.10. The van der Waals surface area contributed by atoms with E-state index in [9.17, 15) is 10.1 Å². The molecule has 0 bridgehead atoms. The maximum absolute atomic E-state index is 10.8. The largest absolute Gasteiger partial charge is 0.383 e. The second-order valence-corrected chi connectivity index (χ2v) is 6.05. The summed E-state index contributed by atoms with van der Waals surface area (Å²) in [4.78, 5) is 10.4. The normalized spacial score (nSPS) is 16.1. The smallest absolute Gasteiger partial charge is 0.269 e. The van der Waals surface area contributed by atoms with E-state index in [-0.39, 0.29) is 10.6 Å². The van der Waals surface area contributed by atoms with Crippen LogP contribution in [-0.2, 0) is 11.3 Å². The van der Waals surface area contributed by atoms with E-state index in [1.54, 1.807) is 19.2 Å². The van der Waals surface area contributed by atoms with Crippen molar-refractivity contribution in [3.63, 3.8) is 0 Å². The van der Waals surface area contributed by atoms with E-state index in [1.165, 1.54) is 18.9 Å². The van der Waals surface area contributed by atoms with E-state index in [0.29, 0.717) is 11.4 Å². The van der Waals surface area contributed by atoms with Crippen LogP contribution in [0.3, 0.4) is 0 Å². The first kappa shape index (κ1) is 14.1. The average Bonchev–Trinajstić information content (AvgIpc) is 3.18. The molecule has 0 saturated heterocycles. The van der Waals surface area contributed by atoms with Gasteiger partial charge < -0.3 is 10.1 Å². The van der Waals surface area contributed by atoms with Crippen molar-refractivity contribution in [3.8, 4) is 0 Å². The third kappa shape index (κ3) is 3.39. The van der Waals surface area contributed by atoms with Crippen LogP contribution in [0.5, 0.6) is 0 Å². The number of non-ortho nitro benzene ring substituents is 1. The Kier molecular flexibility index (Phi) is 4.31. The lowest BCUT2D eigenvalue weighted by Crippen LogP contribution is -2.18. The second kappa shape index (κ2) is 5.79. The van der Waals surface area contributed by atoms with Crippen LogP contribution in [0.2, 0.25) is 0 Å². The zero-order valence-corrected chi connectivity index (χ0v) is 12.0. The summed E-state index contributed by atoms with van der Waals surface area (Å²) in [5, 5.41) is 14.2. The van der Waals surface area contributed by atoms with Crippen molar-refractivity contribution in [2.45, 2.75) is 24.2 Å². The molecule has 0 amide bonds. The summed E-state index contributed by atoms with van der Waals surface area (Å²) in [6, 6.07) is 4.87. The van der Waals surface area contributed by atoms with E-state index in [1.807, 2.05) is 11.8 Å². The number of nitro groups is 1. The third-order valence-corrected chi connectivity index (χ3v) is 4.86. The van der Waals surface area contributed by atoms with Crippen molar-refractivity contribution in [2.24, 2.45) is 0 Å². The minimum atomic E-state index is -0.382. The van der Waals surface area contributed by atoms with Crippen LogP contribution in [-0.4, -0.2) is 29.6 Å². The minimum absolute atomic E-state index is 0.101. The number of rotatable bonds is 7. The molecule has 1 aromatic rings. The number of methoxy groups -OCH3 is 1. The number of thioether (sulfide) groups is 1. The van der Waals surface area contributed by atoms with Crippen molar-refractivity contribution in [1.29, 1.82) is 0 Å². The molecule has 0 aromatic heterocycles. The van der Waals surface area contributed by atoms with Gasteiger partial charge in [-0.05, 0) is 25.2 Å². The lowest BCUT2D eigenvalue weighted by atomic mass is 10.1. The van der Waals surface area contributed by atoms with Gasteiger partial charge in [-0.15, -0.1) is 0 Å². The van der Waals surface area contributed by atoms with Crippen LogP contribution < -0.4 is 5.32 Å². The average molecular weight is 282 g/mol. The molecule has 0 atom stereocenters. The van der Waals surface area contributed by atoms with Crippen LogP contribution in [0.25, 0.3) is 0 Å². The number of hydrogen-bond donors (Lipinski definition) is 1. The number of nitrogens with zero attached hydrogens (tertiary/aromatic N) is 1. The summed E-state index contributed by atoms with van der Waals surface area (Å²) in [6.45, 7) is 1.26. The fourth-order valence-corrected chi connectivity index (χ4v) is 2.72. The van der Waals surface area contributed by atoms with Gasteiger partial charge in [0.1, 0.15) is 0 Å². The number of nitrogens with one attached hydrogen (secondary N) is 1. The highest BCUT2D eigenvalue weighted by Gasteiger charge is 2.41. The van der Waals surface area contributed by atoms with E-state index < -0.39 is 0 Å². The summed E-state index contributed by atoms with van der Waals surface area (Å²) in [7, 11) is 1.59. The highest BCUT2D eigenvalue weighted by Crippen LogP contribution is 2.47. The first-order valence-electron chi connectivity index (χ1n) is 6.15. The summed E-state index contributed by atoms with van der Waals surface area (Å²) in [5.74, 6) is 0. The van der Waals surface area contributed by atoms with E-state index in [4.69, 9.17) is 4.74 Å². The van der Waals surface area contributed by atoms with Crippen molar-refractivity contribution < 1.29 is 9.66 Å². The fourth-order valence-electron chi connectivity index (χ4n) is 1.99. The molecule has 1 aromatic carbocycles. The van der Waals surface area contributed by atoms with Gasteiger partial charge in [0.05, 0.1) is 11.5 Å². The van der Waals surface area contributed by atoms with Gasteiger partial charge in [0.15, 0.2) is 0 Å². The molecule has 0 aliphatic heterocycles. The minimum Gasteiger partial charge on any atom is -0.383 e. The number of benzene rings is 1. The SMILES string of the molecule is COCc1cc([N+](=O)[O-])ccc1NCC1(SC)CC1. The van der Waals surface area contributed by atoms with Crippen molar-refractivity contribution in [2.75, 3.05) is 25.2 Å². The Morgan fingerprint density at radius 2 is 2.26 bits per heavy atom. The Morgan fingerprint density at radius 1 is 1.53 bits per heavy atom. The molecule has 0 heterocycles. The quantitative estimate of drug-likeness (QED) is 0.615. The van der Waals surface area contributed by atoms with Gasteiger partial charge in [-0.2, -0.15) is 11.8 Å². The van der Waals surface area contributed by atoms with Crippen molar-refractivity contribution in [1.82, 2.24) is 0 Å². The molecule has 1 aliphatic rings. The monoisotopic (exact) mass is 282 g/mol. The molecule has 0 unspecified atom stereocenters. The summed E-state index contributed by atoms with van der Waals surface area (Å²) in [6.07, 6.45) is 4.59. The molecular formula is C13H18N2O3S. The number of ether oxygens (including phenoxy) is 1. The van der Waals surface area contributed by atoms with Crippen LogP contribution >= 0.6 is 11.8 Å². The predicted octanol–water partition coefficient (Wildman–Crippen LogP) is 3.05. The zero-order valence-electron chi connectivity index (χ0n) is 11.1. The summed E-state index contributed by atoms with van der Waals surface area (Å²) < 4.78 is 5.46. The van der Waals surface area contributed by atoms with Gasteiger partial charge >= 0.3 is 0 Å². The third-order valence-electron chi connectivity index (χ3n) is 3.44. The Labute approximate surface area is 116 Å². The Balaban J connectivity index is 2.12. The molecule has 1 aliphatic carbocycles. The Bertz CT molecular complexity index is 475. The second-order valence-electron chi connectivity index (χ2n) is 4.77. The van der Waals surface area contributed by atoms with Gasteiger partial charge in [0.25, 0.3) is 5.69 Å². The fraction of sp³-hybridized carbons (Fsp3) is 0.538. The standard InChI is InChI=1S/C13H18N2O3S/c1-18-8-10-7-11(15(16)17)3-4-12(10)14-9-13(19-2)5-6-13/h3-4,7,14H,5-6,8-9H2,1-2H3. The topological polar surface area (TPSA) is 64.4 Å². The molecule has 2 rings (SSSR count). The maximum atomic E-state index is 10.8. The molecule has 0 radical (unpaired) electrons. The van der Waals surface area contributed by atoms with E-state index in [2.05, 4.69) is 11.6 Å². The molecule has 1 saturated carbocycles. The Morgan fingerprint density at radius 3 is 2.79 bits per heavy atom. The van der Waals surface area contributed by atoms with Gasteiger partial charge in [0, 0.05) is 41.8 Å². The molecule has 0 spiro atoms. The van der Waals surface area contributed by atoms with Crippen LogP contribution in [0.15, 0.2) is 18.2 Å². The molecule has 6 heteroatoms. The van der Waals surface area contributed by atoms with Gasteiger partial charge in [-0.3, -0.25) is 10.1 Å². The lowest BCUT2D eigenvalue weighted by Gasteiger charge is -2.16. The first-order valence-corrected chi connectivity index (χ1v) is 7.38. The predicted molar refractivity (Wildman–Crippen MR) is 77.8 cm³/mol. The zero-order chi connectivity index (χ0) is 13.9. The van der Waals surface area contributed by atoms with Crippen LogP contribution in [0, 0.1) is 10.1 Å². The lowest BCUT2D eigenvalue weighted by molar-refractivity contribution is -0.384. The van der Waals surface area contributed by atoms with Gasteiger partial charge in [-0.25, -0.2) is 0 Å². The molecule has 104 valence electrons. The molecule has 1 fully saturated rings. The number of nitro benzene ring substituents is 1. The maximum Gasteiger partial charge on any atom is 0.269 e. The van der Waals surface area contributed by atoms with Gasteiger partial charge in [-0.1, -0.05) is 0 Å². The summed E-state index contributed by atoms with van der Waals surface area (Å²) >= 11 is 1.88.